The number of aliphatic carboxylic acids is 1. The quantitative estimate of drug-likeness (QED) is 0.378. The second-order valence-corrected chi connectivity index (χ2v) is 8.54. The van der Waals surface area contributed by atoms with Crippen molar-refractivity contribution >= 4 is 17.5 Å². The molecule has 0 bridgehead atoms. The van der Waals surface area contributed by atoms with Crippen LogP contribution >= 0.6 is 0 Å². The number of allylic oxidation sites excluding steroid dienone is 1. The van der Waals surface area contributed by atoms with Gasteiger partial charge in [0.15, 0.2) is 0 Å². The van der Waals surface area contributed by atoms with Crippen LogP contribution in [-0.2, 0) is 17.8 Å². The molecule has 5 N–H and O–H groups in total. The summed E-state index contributed by atoms with van der Waals surface area (Å²) in [6.07, 6.45) is 8.90. The lowest BCUT2D eigenvalue weighted by Gasteiger charge is -2.32. The number of carboxylic acids is 1. The zero-order valence-electron chi connectivity index (χ0n) is 19.3. The van der Waals surface area contributed by atoms with Crippen LogP contribution in [0.2, 0.25) is 0 Å². The van der Waals surface area contributed by atoms with Crippen molar-refractivity contribution in [2.75, 3.05) is 25.0 Å². The van der Waals surface area contributed by atoms with Crippen molar-refractivity contribution in [2.24, 2.45) is 17.5 Å². The van der Waals surface area contributed by atoms with Crippen molar-refractivity contribution in [3.05, 3.63) is 58.0 Å². The lowest BCUT2D eigenvalue weighted by molar-refractivity contribution is -0.138. The van der Waals surface area contributed by atoms with E-state index in [0.717, 1.165) is 37.8 Å². The molecule has 3 heterocycles. The average Bonchev–Trinajstić information content (AvgIpc) is 2.79. The first-order valence-electron chi connectivity index (χ1n) is 11.2. The number of likely N-dealkylation sites (N-methyl/N-ethyl adjacent to an activating group) is 1. The third-order valence-electron chi connectivity index (χ3n) is 5.86. The summed E-state index contributed by atoms with van der Waals surface area (Å²) in [6.45, 7) is 3.75. The Hall–Kier alpha value is -3.40. The normalized spacial score (nSPS) is 16.9. The van der Waals surface area contributed by atoms with Crippen molar-refractivity contribution in [3.8, 4) is 0 Å². The van der Waals surface area contributed by atoms with Crippen molar-refractivity contribution in [2.45, 2.75) is 45.6 Å². The number of piperidine rings is 1. The van der Waals surface area contributed by atoms with E-state index >= 15 is 0 Å². The smallest absolute Gasteiger partial charge is 0.303 e. The molecule has 0 radical (unpaired) electrons. The Kier molecular flexibility index (Phi) is 8.05. The van der Waals surface area contributed by atoms with Gasteiger partial charge in [-0.05, 0) is 30.7 Å². The van der Waals surface area contributed by atoms with Gasteiger partial charge in [-0.3, -0.25) is 9.59 Å². The molecule has 3 rings (SSSR count). The summed E-state index contributed by atoms with van der Waals surface area (Å²) in [7, 11) is 1.67. The van der Waals surface area contributed by atoms with Gasteiger partial charge in [-0.1, -0.05) is 19.4 Å². The van der Waals surface area contributed by atoms with E-state index in [1.807, 2.05) is 12.3 Å². The molecule has 1 saturated heterocycles. The van der Waals surface area contributed by atoms with E-state index in [4.69, 9.17) is 16.7 Å². The van der Waals surface area contributed by atoms with Crippen LogP contribution in [0.15, 0.2) is 41.2 Å². The van der Waals surface area contributed by atoms with Gasteiger partial charge in [0, 0.05) is 38.8 Å². The fourth-order valence-corrected chi connectivity index (χ4v) is 4.15. The van der Waals surface area contributed by atoms with Crippen LogP contribution in [0.5, 0.6) is 0 Å². The number of carbonyl (C=O) groups is 1. The molecule has 10 nitrogen and oxygen atoms in total. The summed E-state index contributed by atoms with van der Waals surface area (Å²) in [5.41, 5.74) is 8.69. The van der Waals surface area contributed by atoms with E-state index < -0.39 is 5.97 Å². The van der Waals surface area contributed by atoms with E-state index in [1.165, 1.54) is 5.01 Å². The number of anilines is 1. The Morgan fingerprint density at radius 3 is 2.73 bits per heavy atom. The fraction of sp³-hybridized carbons (Fsp3) is 0.478. The maximum absolute atomic E-state index is 12.4. The van der Waals surface area contributed by atoms with Gasteiger partial charge in [-0.25, -0.2) is 15.8 Å². The first-order valence-corrected chi connectivity index (χ1v) is 11.2. The van der Waals surface area contributed by atoms with Gasteiger partial charge in [0.2, 0.25) is 0 Å². The standard InChI is InChI=1S/C23H33N7O3/c1-3-5-16-7-8-21(31)30(13-16)15-19(28(2)25)23(24)18-11-27-20(12-26-18)29-9-4-6-17(14-29)10-22(32)33/h7-8,11-13,17H,3-6,9-10,14-15,24-25H2,1-2H3,(H,32,33)/b23-19-. The first kappa shape index (κ1) is 24.2. The molecule has 0 aliphatic carbocycles. The van der Waals surface area contributed by atoms with Crippen LogP contribution in [0, 0.1) is 5.92 Å². The van der Waals surface area contributed by atoms with Crippen LogP contribution in [0.1, 0.15) is 43.9 Å². The number of aryl methyl sites for hydroxylation is 1. The molecule has 1 unspecified atom stereocenters. The second kappa shape index (κ2) is 11.0. The molecule has 1 aliphatic heterocycles. The predicted molar refractivity (Wildman–Crippen MR) is 127 cm³/mol. The van der Waals surface area contributed by atoms with Crippen LogP contribution in [0.3, 0.4) is 0 Å². The summed E-state index contributed by atoms with van der Waals surface area (Å²) < 4.78 is 1.59. The van der Waals surface area contributed by atoms with Gasteiger partial charge in [0.1, 0.15) is 11.5 Å². The van der Waals surface area contributed by atoms with Crippen molar-refractivity contribution < 1.29 is 9.90 Å². The first-order chi connectivity index (χ1) is 15.8. The third-order valence-corrected chi connectivity index (χ3v) is 5.86. The number of aromatic nitrogens is 3. The molecule has 0 amide bonds. The Morgan fingerprint density at radius 2 is 2.09 bits per heavy atom. The SMILES string of the molecule is CCCc1ccc(=O)n(C/C(=C(/N)c2cnc(N3CCCC(CC(=O)O)C3)cn2)N(C)N)c1. The van der Waals surface area contributed by atoms with Crippen LogP contribution < -0.4 is 22.0 Å². The molecular weight excluding hydrogens is 422 g/mol. The number of carboxylic acid groups (broad SMARTS) is 1. The molecule has 0 spiro atoms. The molecular formula is C23H33N7O3. The van der Waals surface area contributed by atoms with Gasteiger partial charge >= 0.3 is 5.97 Å². The number of nitrogens with zero attached hydrogens (tertiary/aromatic N) is 5. The molecule has 178 valence electrons. The number of hydrogen-bond acceptors (Lipinski definition) is 8. The maximum atomic E-state index is 12.4. The zero-order chi connectivity index (χ0) is 24.0. The van der Waals surface area contributed by atoms with E-state index in [2.05, 4.69) is 21.8 Å². The molecule has 1 aliphatic rings. The van der Waals surface area contributed by atoms with Crippen LogP contribution in [0.4, 0.5) is 5.82 Å². The number of hydrazine groups is 1. The Balaban J connectivity index is 1.82. The monoisotopic (exact) mass is 455 g/mol. The number of pyridine rings is 1. The fourth-order valence-electron chi connectivity index (χ4n) is 4.15. The van der Waals surface area contributed by atoms with Crippen molar-refractivity contribution in [3.63, 3.8) is 0 Å². The van der Waals surface area contributed by atoms with Gasteiger partial charge in [0.25, 0.3) is 5.56 Å². The third kappa shape index (κ3) is 6.32. The molecule has 1 fully saturated rings. The summed E-state index contributed by atoms with van der Waals surface area (Å²) in [6, 6.07) is 3.40. The highest BCUT2D eigenvalue weighted by atomic mass is 16.4. The zero-order valence-corrected chi connectivity index (χ0v) is 19.3. The van der Waals surface area contributed by atoms with E-state index in [0.29, 0.717) is 29.5 Å². The summed E-state index contributed by atoms with van der Waals surface area (Å²) in [5.74, 6) is 6.06. The highest BCUT2D eigenvalue weighted by molar-refractivity contribution is 5.67. The second-order valence-electron chi connectivity index (χ2n) is 8.54. The summed E-state index contributed by atoms with van der Waals surface area (Å²) in [4.78, 5) is 34.5. The van der Waals surface area contributed by atoms with E-state index in [9.17, 15) is 9.59 Å². The molecule has 1 atom stereocenters. The van der Waals surface area contributed by atoms with E-state index in [1.54, 1.807) is 30.1 Å². The highest BCUT2D eigenvalue weighted by Crippen LogP contribution is 2.24. The minimum atomic E-state index is -0.779. The minimum absolute atomic E-state index is 0.0990. The summed E-state index contributed by atoms with van der Waals surface area (Å²) in [5, 5.41) is 10.5. The lowest BCUT2D eigenvalue weighted by atomic mass is 9.95. The molecule has 0 saturated carbocycles. The largest absolute Gasteiger partial charge is 0.481 e. The average molecular weight is 456 g/mol. The van der Waals surface area contributed by atoms with Gasteiger partial charge in [0.05, 0.1) is 30.3 Å². The molecule has 2 aromatic heterocycles. The van der Waals surface area contributed by atoms with Gasteiger partial charge < -0.3 is 25.3 Å². The predicted octanol–water partition coefficient (Wildman–Crippen LogP) is 1.41. The molecule has 0 aromatic carbocycles. The number of rotatable bonds is 9. The topological polar surface area (TPSA) is 144 Å². The number of nitrogens with two attached hydrogens (primary N) is 2. The summed E-state index contributed by atoms with van der Waals surface area (Å²) >= 11 is 0. The van der Waals surface area contributed by atoms with E-state index in [-0.39, 0.29) is 24.4 Å². The molecule has 10 heteroatoms. The van der Waals surface area contributed by atoms with Gasteiger partial charge in [-0.2, -0.15) is 0 Å². The molecule has 2 aromatic rings. The van der Waals surface area contributed by atoms with Crippen molar-refractivity contribution in [1.29, 1.82) is 0 Å². The van der Waals surface area contributed by atoms with Crippen LogP contribution in [-0.4, -0.2) is 50.8 Å². The minimum Gasteiger partial charge on any atom is -0.481 e. The lowest BCUT2D eigenvalue weighted by Crippen LogP contribution is -2.37. The van der Waals surface area contributed by atoms with Gasteiger partial charge in [-0.15, -0.1) is 0 Å². The Morgan fingerprint density at radius 1 is 1.30 bits per heavy atom. The Labute approximate surface area is 193 Å². The maximum Gasteiger partial charge on any atom is 0.303 e. The van der Waals surface area contributed by atoms with Crippen molar-refractivity contribution in [1.82, 2.24) is 19.5 Å². The van der Waals surface area contributed by atoms with Crippen LogP contribution in [0.25, 0.3) is 5.70 Å². The Bertz CT molecular complexity index is 1050. The highest BCUT2D eigenvalue weighted by Gasteiger charge is 2.23. The number of hydrogen-bond donors (Lipinski definition) is 3. The molecule has 33 heavy (non-hydrogen) atoms.